The molecule has 3 aromatic rings. The number of nitrogens with zero attached hydrogens (tertiary/aromatic N) is 6. The molecule has 0 spiro atoms. The molecule has 1 atom stereocenters. The molecule has 0 unspecified atom stereocenters. The Morgan fingerprint density at radius 3 is 2.86 bits per heavy atom. The molecule has 0 saturated carbocycles. The number of para-hydroxylation sites is 1. The first kappa shape index (κ1) is 18.9. The van der Waals surface area contributed by atoms with E-state index >= 15 is 0 Å². The second-order valence-electron chi connectivity index (χ2n) is 6.81. The largest absolute Gasteiger partial charge is 0.492 e. The van der Waals surface area contributed by atoms with Crippen molar-refractivity contribution < 1.29 is 9.53 Å². The number of carbonyl (C=O) groups is 1. The van der Waals surface area contributed by atoms with E-state index in [1.165, 1.54) is 12.7 Å². The van der Waals surface area contributed by atoms with Crippen LogP contribution < -0.4 is 15.0 Å². The fraction of sp³-hybridized carbons (Fsp3) is 0.350. The van der Waals surface area contributed by atoms with Gasteiger partial charge in [-0.15, -0.1) is 0 Å². The maximum absolute atomic E-state index is 12.6. The van der Waals surface area contributed by atoms with Gasteiger partial charge in [-0.05, 0) is 25.0 Å². The van der Waals surface area contributed by atoms with Crippen molar-refractivity contribution >= 4 is 11.7 Å². The highest BCUT2D eigenvalue weighted by molar-refractivity contribution is 5.79. The van der Waals surface area contributed by atoms with Crippen LogP contribution in [0.4, 0.5) is 5.82 Å². The topological polar surface area (TPSA) is 98.1 Å². The molecule has 1 amide bonds. The van der Waals surface area contributed by atoms with Gasteiger partial charge in [0, 0.05) is 19.2 Å². The summed E-state index contributed by atoms with van der Waals surface area (Å²) in [5.41, 5.74) is 0. The average Bonchev–Trinajstić information content (AvgIpc) is 3.33. The van der Waals surface area contributed by atoms with Crippen molar-refractivity contribution in [2.24, 2.45) is 5.92 Å². The molecule has 0 radical (unpaired) electrons. The Balaban J connectivity index is 1.30. The summed E-state index contributed by atoms with van der Waals surface area (Å²) >= 11 is 0. The second kappa shape index (κ2) is 9.13. The number of hydrogen-bond donors (Lipinski definition) is 1. The minimum atomic E-state index is -0.0785. The van der Waals surface area contributed by atoms with E-state index in [1.807, 2.05) is 36.4 Å². The molecule has 1 aliphatic rings. The van der Waals surface area contributed by atoms with E-state index in [4.69, 9.17) is 4.74 Å². The Bertz CT molecular complexity index is 918. The summed E-state index contributed by atoms with van der Waals surface area (Å²) in [5, 5.41) is 7.08. The summed E-state index contributed by atoms with van der Waals surface area (Å²) in [4.78, 5) is 27.3. The third-order valence-electron chi connectivity index (χ3n) is 4.82. The van der Waals surface area contributed by atoms with Gasteiger partial charge in [-0.2, -0.15) is 5.10 Å². The zero-order chi connectivity index (χ0) is 19.9. The van der Waals surface area contributed by atoms with Gasteiger partial charge in [0.1, 0.15) is 37.2 Å². The molecule has 9 heteroatoms. The van der Waals surface area contributed by atoms with E-state index < -0.39 is 0 Å². The van der Waals surface area contributed by atoms with Crippen LogP contribution in [0.25, 0.3) is 5.82 Å². The zero-order valence-corrected chi connectivity index (χ0v) is 16.0. The number of anilines is 1. The van der Waals surface area contributed by atoms with E-state index in [1.54, 1.807) is 11.0 Å². The summed E-state index contributed by atoms with van der Waals surface area (Å²) in [6.45, 7) is 2.40. The second-order valence-corrected chi connectivity index (χ2v) is 6.81. The first-order valence-corrected chi connectivity index (χ1v) is 9.67. The van der Waals surface area contributed by atoms with Crippen LogP contribution >= 0.6 is 0 Å². The van der Waals surface area contributed by atoms with Crippen molar-refractivity contribution in [1.29, 1.82) is 0 Å². The molecule has 2 aromatic heterocycles. The van der Waals surface area contributed by atoms with Gasteiger partial charge in [0.2, 0.25) is 5.91 Å². The zero-order valence-electron chi connectivity index (χ0n) is 16.0. The quantitative estimate of drug-likeness (QED) is 0.607. The van der Waals surface area contributed by atoms with Gasteiger partial charge in [0.05, 0.1) is 12.5 Å². The highest BCUT2D eigenvalue weighted by Crippen LogP contribution is 2.22. The third kappa shape index (κ3) is 4.87. The van der Waals surface area contributed by atoms with Crippen molar-refractivity contribution in [3.05, 3.63) is 55.4 Å². The minimum Gasteiger partial charge on any atom is -0.492 e. The van der Waals surface area contributed by atoms with Crippen LogP contribution in [0.2, 0.25) is 0 Å². The highest BCUT2D eigenvalue weighted by atomic mass is 16.5. The molecular weight excluding hydrogens is 370 g/mol. The number of carbonyl (C=O) groups excluding carboxylic acids is 1. The number of aromatic nitrogens is 5. The lowest BCUT2D eigenvalue weighted by Crippen LogP contribution is -2.44. The van der Waals surface area contributed by atoms with E-state index in [-0.39, 0.29) is 11.8 Å². The molecule has 9 nitrogen and oxygen atoms in total. The number of amides is 1. The lowest BCUT2D eigenvalue weighted by Gasteiger charge is -2.32. The standard InChI is InChI=1S/C20H23N7O2/c28-20(22-8-10-29-17-6-2-1-3-7-17)16-5-4-9-26(12-16)18-11-19(24-14-23-18)27-15-21-13-25-27/h1-3,6-7,11,13-16H,4-5,8-10,12H2,(H,22,28)/t16-/m1/s1. The average molecular weight is 393 g/mol. The Hall–Kier alpha value is -3.49. The number of benzene rings is 1. The number of nitrogens with one attached hydrogen (secondary N) is 1. The van der Waals surface area contributed by atoms with Crippen LogP contribution in [0.3, 0.4) is 0 Å². The normalized spacial score (nSPS) is 16.4. The van der Waals surface area contributed by atoms with Crippen LogP contribution in [0.1, 0.15) is 12.8 Å². The maximum Gasteiger partial charge on any atom is 0.225 e. The van der Waals surface area contributed by atoms with Crippen molar-refractivity contribution in [2.75, 3.05) is 31.1 Å². The van der Waals surface area contributed by atoms with E-state index in [0.717, 1.165) is 31.0 Å². The van der Waals surface area contributed by atoms with E-state index in [0.29, 0.717) is 25.5 Å². The predicted molar refractivity (Wildman–Crippen MR) is 107 cm³/mol. The summed E-state index contributed by atoms with van der Waals surface area (Å²) < 4.78 is 7.22. The molecule has 150 valence electrons. The maximum atomic E-state index is 12.6. The van der Waals surface area contributed by atoms with Gasteiger partial charge < -0.3 is 15.0 Å². The van der Waals surface area contributed by atoms with Gasteiger partial charge in [0.15, 0.2) is 5.82 Å². The van der Waals surface area contributed by atoms with Crippen LogP contribution in [0.15, 0.2) is 55.4 Å². The Morgan fingerprint density at radius 1 is 1.17 bits per heavy atom. The van der Waals surface area contributed by atoms with Crippen LogP contribution in [0.5, 0.6) is 5.75 Å². The Morgan fingerprint density at radius 2 is 2.03 bits per heavy atom. The smallest absolute Gasteiger partial charge is 0.225 e. The van der Waals surface area contributed by atoms with Crippen LogP contribution in [-0.2, 0) is 4.79 Å². The molecule has 3 heterocycles. The van der Waals surface area contributed by atoms with Gasteiger partial charge in [-0.1, -0.05) is 18.2 Å². The molecule has 1 fully saturated rings. The Labute approximate surface area is 168 Å². The molecule has 1 saturated heterocycles. The van der Waals surface area contributed by atoms with Crippen molar-refractivity contribution in [2.45, 2.75) is 12.8 Å². The number of ether oxygens (including phenoxy) is 1. The monoisotopic (exact) mass is 393 g/mol. The summed E-state index contributed by atoms with van der Waals surface area (Å²) in [5.74, 6) is 2.22. The van der Waals surface area contributed by atoms with Crippen molar-refractivity contribution in [3.63, 3.8) is 0 Å². The number of rotatable bonds is 7. The first-order chi connectivity index (χ1) is 14.3. The van der Waals surface area contributed by atoms with Gasteiger partial charge in [0.25, 0.3) is 0 Å². The Kier molecular flexibility index (Phi) is 5.94. The van der Waals surface area contributed by atoms with Gasteiger partial charge >= 0.3 is 0 Å². The fourth-order valence-electron chi connectivity index (χ4n) is 3.37. The van der Waals surface area contributed by atoms with Crippen LogP contribution in [0, 0.1) is 5.92 Å². The number of piperidine rings is 1. The van der Waals surface area contributed by atoms with Gasteiger partial charge in [-0.3, -0.25) is 4.79 Å². The first-order valence-electron chi connectivity index (χ1n) is 9.67. The SMILES string of the molecule is O=C(NCCOc1ccccc1)[C@@H]1CCCN(c2cc(-n3cncn3)ncn2)C1. The van der Waals surface area contributed by atoms with E-state index in [2.05, 4.69) is 30.3 Å². The lowest BCUT2D eigenvalue weighted by molar-refractivity contribution is -0.125. The molecule has 29 heavy (non-hydrogen) atoms. The molecule has 4 rings (SSSR count). The number of hydrogen-bond acceptors (Lipinski definition) is 7. The van der Waals surface area contributed by atoms with Crippen molar-refractivity contribution in [3.8, 4) is 11.6 Å². The van der Waals surface area contributed by atoms with Crippen molar-refractivity contribution in [1.82, 2.24) is 30.0 Å². The summed E-state index contributed by atoms with van der Waals surface area (Å²) in [7, 11) is 0. The summed E-state index contributed by atoms with van der Waals surface area (Å²) in [6.07, 6.45) is 6.36. The van der Waals surface area contributed by atoms with Crippen LogP contribution in [-0.4, -0.2) is 56.9 Å². The molecule has 0 bridgehead atoms. The lowest BCUT2D eigenvalue weighted by atomic mass is 9.97. The molecule has 1 aromatic carbocycles. The fourth-order valence-corrected chi connectivity index (χ4v) is 3.37. The van der Waals surface area contributed by atoms with Gasteiger partial charge in [-0.25, -0.2) is 19.6 Å². The molecule has 0 aliphatic carbocycles. The molecule has 1 N–H and O–H groups in total. The van der Waals surface area contributed by atoms with E-state index in [9.17, 15) is 4.79 Å². The summed E-state index contributed by atoms with van der Waals surface area (Å²) in [6, 6.07) is 11.4. The predicted octanol–water partition coefficient (Wildman–Crippen LogP) is 1.47. The molecule has 1 aliphatic heterocycles. The minimum absolute atomic E-state index is 0.0527. The highest BCUT2D eigenvalue weighted by Gasteiger charge is 2.26. The third-order valence-corrected chi connectivity index (χ3v) is 4.82. The molecular formula is C20H23N7O2.